The standard InChI is InChI=1S/C34H46O8/c1-16(2)23-25(37)21(17(3)35)27(39)34(42)28(40)24-26(38)22-18(12-11-13-20(22)36)19(14-15-31(7,8)30(4,5)6)32(24,9)29(41)33(23,34)10/h11-13,16,19,23,29,36,38-39,41-42H,14-15H2,1-10H3/t19-,23?,29-,32+,33+,34+/m1/s1. The molecule has 1 fully saturated rings. The van der Waals surface area contributed by atoms with Crippen molar-refractivity contribution in [3.05, 3.63) is 46.2 Å². The van der Waals surface area contributed by atoms with E-state index >= 15 is 0 Å². The fourth-order valence-electron chi connectivity index (χ4n) is 8.06. The maximum absolute atomic E-state index is 14.7. The zero-order valence-corrected chi connectivity index (χ0v) is 26.4. The van der Waals surface area contributed by atoms with Crippen LogP contribution in [-0.2, 0) is 14.4 Å². The van der Waals surface area contributed by atoms with Crippen molar-refractivity contribution in [3.63, 3.8) is 0 Å². The molecule has 42 heavy (non-hydrogen) atoms. The predicted octanol–water partition coefficient (Wildman–Crippen LogP) is 5.55. The van der Waals surface area contributed by atoms with Crippen molar-refractivity contribution in [2.45, 2.75) is 99.7 Å². The second-order valence-corrected chi connectivity index (χ2v) is 15.1. The number of aliphatic hydroxyl groups is 4. The van der Waals surface area contributed by atoms with Crippen LogP contribution in [0, 0.1) is 33.5 Å². The van der Waals surface area contributed by atoms with Gasteiger partial charge in [0.05, 0.1) is 17.2 Å². The Morgan fingerprint density at radius 1 is 1.02 bits per heavy atom. The van der Waals surface area contributed by atoms with Gasteiger partial charge in [0.1, 0.15) is 22.8 Å². The minimum Gasteiger partial charge on any atom is -0.508 e. The van der Waals surface area contributed by atoms with E-state index in [0.29, 0.717) is 18.4 Å². The van der Waals surface area contributed by atoms with E-state index < -0.39 is 74.7 Å². The number of phenolic OH excluding ortho intramolecular Hbond substituents is 1. The van der Waals surface area contributed by atoms with Crippen LogP contribution in [0.2, 0.25) is 0 Å². The van der Waals surface area contributed by atoms with Gasteiger partial charge in [-0.3, -0.25) is 14.4 Å². The highest BCUT2D eigenvalue weighted by Crippen LogP contribution is 2.68. The first-order chi connectivity index (χ1) is 19.0. The average molecular weight is 583 g/mol. The second kappa shape index (κ2) is 9.52. The first-order valence-electron chi connectivity index (χ1n) is 14.7. The molecule has 0 saturated heterocycles. The van der Waals surface area contributed by atoms with Gasteiger partial charge >= 0.3 is 0 Å². The minimum absolute atomic E-state index is 0.0267. The molecule has 1 aromatic rings. The van der Waals surface area contributed by atoms with Gasteiger partial charge in [-0.2, -0.15) is 0 Å². The van der Waals surface area contributed by atoms with E-state index in [4.69, 9.17) is 0 Å². The summed E-state index contributed by atoms with van der Waals surface area (Å²) in [6.07, 6.45) is -0.558. The number of aliphatic hydroxyl groups excluding tert-OH is 3. The Bertz CT molecular complexity index is 1440. The molecular weight excluding hydrogens is 536 g/mol. The van der Waals surface area contributed by atoms with Gasteiger partial charge in [0.2, 0.25) is 5.78 Å². The van der Waals surface area contributed by atoms with E-state index in [0.717, 1.165) is 6.92 Å². The van der Waals surface area contributed by atoms with Crippen molar-refractivity contribution in [2.75, 3.05) is 0 Å². The third-order valence-corrected chi connectivity index (χ3v) is 11.5. The predicted molar refractivity (Wildman–Crippen MR) is 159 cm³/mol. The number of fused-ring (bicyclic) bond motifs is 3. The summed E-state index contributed by atoms with van der Waals surface area (Å²) in [7, 11) is 0. The number of carbonyl (C=O) groups is 3. The number of allylic oxidation sites excluding steroid dienone is 1. The first kappa shape index (κ1) is 32.0. The molecule has 0 bridgehead atoms. The Morgan fingerprint density at radius 2 is 1.60 bits per heavy atom. The number of benzene rings is 1. The van der Waals surface area contributed by atoms with Crippen LogP contribution >= 0.6 is 0 Å². The SMILES string of the molecule is CC(=O)C1=C(O)[C@]2(O)C(=O)C3=C(O)c4c(O)cccc4[C@@H](CCC(C)(C)C(C)(C)C)[C@]3(C)[C@@H](O)[C@]2(C)C(C(C)C)C1=O. The molecule has 3 aliphatic carbocycles. The number of ketones is 3. The van der Waals surface area contributed by atoms with Crippen LogP contribution in [-0.4, -0.2) is 54.6 Å². The number of carbonyl (C=O) groups excluding carboxylic acids is 3. The molecule has 1 saturated carbocycles. The summed E-state index contributed by atoms with van der Waals surface area (Å²) in [4.78, 5) is 41.1. The van der Waals surface area contributed by atoms with Crippen LogP contribution in [0.4, 0.5) is 0 Å². The molecule has 1 aromatic carbocycles. The highest BCUT2D eigenvalue weighted by Gasteiger charge is 2.77. The van der Waals surface area contributed by atoms with Gasteiger partial charge in [0.25, 0.3) is 0 Å². The molecule has 0 amide bonds. The molecule has 8 nitrogen and oxygen atoms in total. The molecule has 0 radical (unpaired) electrons. The summed E-state index contributed by atoms with van der Waals surface area (Å²) in [5, 5.41) is 58.9. The van der Waals surface area contributed by atoms with Gasteiger partial charge in [-0.25, -0.2) is 0 Å². The van der Waals surface area contributed by atoms with Crippen molar-refractivity contribution in [1.82, 2.24) is 0 Å². The lowest BCUT2D eigenvalue weighted by Crippen LogP contribution is -2.75. The number of phenols is 1. The number of hydrogen-bond acceptors (Lipinski definition) is 8. The van der Waals surface area contributed by atoms with E-state index in [1.165, 1.54) is 13.0 Å². The second-order valence-electron chi connectivity index (χ2n) is 15.1. The van der Waals surface area contributed by atoms with Crippen LogP contribution in [0.15, 0.2) is 35.1 Å². The lowest BCUT2D eigenvalue weighted by Gasteiger charge is -2.64. The number of aromatic hydroxyl groups is 1. The summed E-state index contributed by atoms with van der Waals surface area (Å²) in [5.74, 6) is -7.03. The molecule has 0 aromatic heterocycles. The topological polar surface area (TPSA) is 152 Å². The van der Waals surface area contributed by atoms with E-state index in [1.807, 2.05) is 0 Å². The maximum atomic E-state index is 14.7. The molecule has 4 rings (SSSR count). The third-order valence-electron chi connectivity index (χ3n) is 11.5. The molecule has 230 valence electrons. The molecular formula is C34H46O8. The average Bonchev–Trinajstić information content (AvgIpc) is 2.84. The Balaban J connectivity index is 2.11. The van der Waals surface area contributed by atoms with Gasteiger partial charge < -0.3 is 25.5 Å². The summed E-state index contributed by atoms with van der Waals surface area (Å²) in [5.41, 5.74) is -7.16. The smallest absolute Gasteiger partial charge is 0.203 e. The van der Waals surface area contributed by atoms with Gasteiger partial charge in [0.15, 0.2) is 17.2 Å². The van der Waals surface area contributed by atoms with Crippen molar-refractivity contribution in [3.8, 4) is 5.75 Å². The van der Waals surface area contributed by atoms with Crippen LogP contribution < -0.4 is 0 Å². The Morgan fingerprint density at radius 3 is 2.10 bits per heavy atom. The number of rotatable bonds is 5. The molecule has 0 heterocycles. The summed E-state index contributed by atoms with van der Waals surface area (Å²) in [6.45, 7) is 18.2. The summed E-state index contributed by atoms with van der Waals surface area (Å²) >= 11 is 0. The normalized spacial score (nSPS) is 33.5. The van der Waals surface area contributed by atoms with Crippen molar-refractivity contribution >= 4 is 23.1 Å². The first-order valence-corrected chi connectivity index (χ1v) is 14.7. The lowest BCUT2D eigenvalue weighted by molar-refractivity contribution is -0.216. The largest absolute Gasteiger partial charge is 0.508 e. The highest BCUT2D eigenvalue weighted by atomic mass is 16.4. The molecule has 5 N–H and O–H groups in total. The van der Waals surface area contributed by atoms with Gasteiger partial charge in [-0.05, 0) is 54.1 Å². The van der Waals surface area contributed by atoms with E-state index in [9.17, 15) is 39.9 Å². The van der Waals surface area contributed by atoms with Crippen LogP contribution in [0.25, 0.3) is 5.76 Å². The van der Waals surface area contributed by atoms with Crippen molar-refractivity contribution in [1.29, 1.82) is 0 Å². The third kappa shape index (κ3) is 3.76. The number of Topliss-reactive ketones (excluding diaryl/α,β-unsaturated/α-hetero) is 3. The summed E-state index contributed by atoms with van der Waals surface area (Å²) < 4.78 is 0. The molecule has 8 heteroatoms. The monoisotopic (exact) mass is 582 g/mol. The maximum Gasteiger partial charge on any atom is 0.203 e. The van der Waals surface area contributed by atoms with E-state index in [2.05, 4.69) is 34.6 Å². The zero-order chi connectivity index (χ0) is 32.1. The van der Waals surface area contributed by atoms with Crippen molar-refractivity contribution < 1.29 is 39.9 Å². The molecule has 0 aliphatic heterocycles. The van der Waals surface area contributed by atoms with Gasteiger partial charge in [-0.15, -0.1) is 0 Å². The lowest BCUT2D eigenvalue weighted by atomic mass is 9.40. The zero-order valence-electron chi connectivity index (χ0n) is 26.4. The van der Waals surface area contributed by atoms with E-state index in [-0.39, 0.29) is 27.7 Å². The fraction of sp³-hybridized carbons (Fsp3) is 0.618. The van der Waals surface area contributed by atoms with Gasteiger partial charge in [-0.1, -0.05) is 74.4 Å². The molecule has 0 spiro atoms. The van der Waals surface area contributed by atoms with Crippen LogP contribution in [0.5, 0.6) is 5.75 Å². The Labute approximate surface area is 248 Å². The van der Waals surface area contributed by atoms with Crippen LogP contribution in [0.1, 0.15) is 99.1 Å². The minimum atomic E-state index is -2.89. The highest BCUT2D eigenvalue weighted by molar-refractivity contribution is 6.24. The van der Waals surface area contributed by atoms with E-state index in [1.54, 1.807) is 32.9 Å². The van der Waals surface area contributed by atoms with Crippen molar-refractivity contribution in [2.24, 2.45) is 33.5 Å². The Kier molecular flexibility index (Phi) is 7.24. The fourth-order valence-corrected chi connectivity index (χ4v) is 8.06. The molecule has 3 aliphatic rings. The molecule has 1 unspecified atom stereocenters. The number of hydrogen-bond donors (Lipinski definition) is 5. The Hall–Kier alpha value is -2.97. The molecule has 6 atom stereocenters. The quantitative estimate of drug-likeness (QED) is 0.283. The summed E-state index contributed by atoms with van der Waals surface area (Å²) in [6, 6.07) is 4.78. The van der Waals surface area contributed by atoms with Gasteiger partial charge in [0, 0.05) is 16.7 Å². The van der Waals surface area contributed by atoms with Crippen LogP contribution in [0.3, 0.4) is 0 Å².